The molecule has 0 radical (unpaired) electrons. The third-order valence-electron chi connectivity index (χ3n) is 5.90. The highest BCUT2D eigenvalue weighted by Gasteiger charge is 2.33. The number of ether oxygens (including phenoxy) is 1. The summed E-state index contributed by atoms with van der Waals surface area (Å²) in [7, 11) is -3.59. The second-order valence-corrected chi connectivity index (χ2v) is 11.2. The third kappa shape index (κ3) is 4.67. The summed E-state index contributed by atoms with van der Waals surface area (Å²) >= 11 is 0. The van der Waals surface area contributed by atoms with Gasteiger partial charge in [-0.15, -0.1) is 5.06 Å². The van der Waals surface area contributed by atoms with E-state index in [1.165, 1.54) is 0 Å². The highest BCUT2D eigenvalue weighted by atomic mass is 32.2. The molecule has 0 saturated carbocycles. The van der Waals surface area contributed by atoms with E-state index in [0.29, 0.717) is 25.4 Å². The quantitative estimate of drug-likeness (QED) is 0.694. The number of hydroxylamine groups is 2. The van der Waals surface area contributed by atoms with Gasteiger partial charge in [0.15, 0.2) is 0 Å². The molecule has 1 saturated heterocycles. The summed E-state index contributed by atoms with van der Waals surface area (Å²) in [5.41, 5.74) is 0.470. The average Bonchev–Trinajstić information content (AvgIpc) is 2.79. The molecule has 2 aliphatic rings. The van der Waals surface area contributed by atoms with Gasteiger partial charge in [0.25, 0.3) is 0 Å². The Kier molecular flexibility index (Phi) is 6.29. The number of hydrogen-bond acceptors (Lipinski definition) is 7. The summed E-state index contributed by atoms with van der Waals surface area (Å²) in [6.07, 6.45) is 0.833. The number of carbonyl (C=O) groups is 1. The van der Waals surface area contributed by atoms with Crippen molar-refractivity contribution in [3.05, 3.63) is 54.1 Å². The topological polar surface area (TPSA) is 76.2 Å². The van der Waals surface area contributed by atoms with Crippen LogP contribution in [0.5, 0.6) is 5.75 Å². The summed E-state index contributed by atoms with van der Waals surface area (Å²) in [5, 5.41) is 1.74. The van der Waals surface area contributed by atoms with Gasteiger partial charge in [-0.2, -0.15) is 0 Å². The van der Waals surface area contributed by atoms with Gasteiger partial charge in [0.2, 0.25) is 9.84 Å². The zero-order valence-electron chi connectivity index (χ0n) is 18.8. The number of piperazine rings is 1. The minimum Gasteiger partial charge on any atom is -0.493 e. The Morgan fingerprint density at radius 2 is 1.69 bits per heavy atom. The summed E-state index contributed by atoms with van der Waals surface area (Å²) in [5.74, 6) is 0.398. The van der Waals surface area contributed by atoms with E-state index in [2.05, 4.69) is 4.90 Å². The lowest BCUT2D eigenvalue weighted by Gasteiger charge is -2.40. The Labute approximate surface area is 189 Å². The van der Waals surface area contributed by atoms with E-state index in [1.807, 2.05) is 26.8 Å². The molecule has 8 heteroatoms. The van der Waals surface area contributed by atoms with Crippen molar-refractivity contribution in [2.24, 2.45) is 5.41 Å². The van der Waals surface area contributed by atoms with Gasteiger partial charge < -0.3 is 9.57 Å². The van der Waals surface area contributed by atoms with Crippen molar-refractivity contribution in [3.63, 3.8) is 0 Å². The Morgan fingerprint density at radius 3 is 2.34 bits per heavy atom. The maximum absolute atomic E-state index is 13.0. The van der Waals surface area contributed by atoms with Crippen molar-refractivity contribution < 1.29 is 22.8 Å². The second-order valence-electron chi connectivity index (χ2n) is 9.26. The minimum absolute atomic E-state index is 0.146. The fourth-order valence-electron chi connectivity index (χ4n) is 3.99. The maximum atomic E-state index is 13.0. The van der Waals surface area contributed by atoms with Gasteiger partial charge in [-0.1, -0.05) is 24.3 Å². The third-order valence-corrected chi connectivity index (χ3v) is 7.66. The summed E-state index contributed by atoms with van der Waals surface area (Å²) in [4.78, 5) is 20.5. The Bertz CT molecular complexity index is 1070. The molecule has 32 heavy (non-hydrogen) atoms. The van der Waals surface area contributed by atoms with E-state index in [-0.39, 0.29) is 21.8 Å². The van der Waals surface area contributed by atoms with E-state index in [4.69, 9.17) is 9.57 Å². The van der Waals surface area contributed by atoms with Crippen molar-refractivity contribution in [2.75, 3.05) is 32.8 Å². The number of carbonyl (C=O) groups excluding carboxylic acids is 1. The van der Waals surface area contributed by atoms with E-state index in [0.717, 1.165) is 25.1 Å². The fourth-order valence-corrected chi connectivity index (χ4v) is 5.29. The highest BCUT2D eigenvalue weighted by molar-refractivity contribution is 7.91. The Hall–Kier alpha value is -2.42. The predicted molar refractivity (Wildman–Crippen MR) is 120 cm³/mol. The smallest absolute Gasteiger partial charge is 0.330 e. The number of rotatable bonds is 4. The lowest BCUT2D eigenvalue weighted by atomic mass is 9.97. The molecule has 0 aliphatic carbocycles. The molecule has 0 aromatic heterocycles. The first-order valence-corrected chi connectivity index (χ1v) is 12.4. The summed E-state index contributed by atoms with van der Waals surface area (Å²) < 4.78 is 31.8. The van der Waals surface area contributed by atoms with Crippen LogP contribution >= 0.6 is 0 Å². The van der Waals surface area contributed by atoms with Crippen LogP contribution in [0.15, 0.2) is 58.3 Å². The van der Waals surface area contributed by atoms with Gasteiger partial charge in [-0.05, 0) is 45.0 Å². The molecule has 0 bridgehead atoms. The monoisotopic (exact) mass is 458 g/mol. The minimum atomic E-state index is -3.59. The molecule has 2 aromatic rings. The van der Waals surface area contributed by atoms with Gasteiger partial charge in [0.05, 0.1) is 21.8 Å². The van der Waals surface area contributed by atoms with Crippen LogP contribution in [0.4, 0.5) is 0 Å². The van der Waals surface area contributed by atoms with Crippen LogP contribution < -0.4 is 4.74 Å². The predicted octanol–water partition coefficient (Wildman–Crippen LogP) is 3.46. The molecule has 0 spiro atoms. The van der Waals surface area contributed by atoms with Crippen LogP contribution in [0, 0.1) is 5.41 Å². The first kappa shape index (κ1) is 22.8. The number of nitrogens with zero attached hydrogens (tertiary/aromatic N) is 2. The van der Waals surface area contributed by atoms with Crippen LogP contribution in [0.2, 0.25) is 0 Å². The lowest BCUT2D eigenvalue weighted by molar-refractivity contribution is -0.208. The number of benzene rings is 2. The van der Waals surface area contributed by atoms with Crippen molar-refractivity contribution in [1.29, 1.82) is 0 Å². The Balaban J connectivity index is 1.48. The molecule has 1 fully saturated rings. The van der Waals surface area contributed by atoms with Crippen LogP contribution in [-0.4, -0.2) is 57.1 Å². The zero-order valence-corrected chi connectivity index (χ0v) is 19.6. The maximum Gasteiger partial charge on any atom is 0.330 e. The van der Waals surface area contributed by atoms with E-state index in [9.17, 15) is 13.2 Å². The normalized spacial score (nSPS) is 20.3. The highest BCUT2D eigenvalue weighted by Crippen LogP contribution is 2.38. The van der Waals surface area contributed by atoms with Crippen LogP contribution in [0.1, 0.15) is 38.8 Å². The molecule has 2 aromatic carbocycles. The van der Waals surface area contributed by atoms with E-state index >= 15 is 0 Å². The zero-order chi connectivity index (χ0) is 22.9. The molecule has 4 rings (SSSR count). The van der Waals surface area contributed by atoms with Gasteiger partial charge in [0.1, 0.15) is 5.75 Å². The van der Waals surface area contributed by atoms with E-state index in [1.54, 1.807) is 47.5 Å². The summed E-state index contributed by atoms with van der Waals surface area (Å²) in [6, 6.07) is 13.8. The number of hydrogen-bond donors (Lipinski definition) is 0. The second kappa shape index (κ2) is 8.84. The number of sulfone groups is 1. The first-order chi connectivity index (χ1) is 15.2. The lowest BCUT2D eigenvalue weighted by Crippen LogP contribution is -2.49. The van der Waals surface area contributed by atoms with Crippen LogP contribution in [0.3, 0.4) is 0 Å². The molecule has 2 aliphatic heterocycles. The van der Waals surface area contributed by atoms with Crippen molar-refractivity contribution in [2.45, 2.75) is 43.0 Å². The van der Waals surface area contributed by atoms with Crippen molar-refractivity contribution >= 4 is 15.8 Å². The van der Waals surface area contributed by atoms with Gasteiger partial charge in [-0.25, -0.2) is 13.2 Å². The van der Waals surface area contributed by atoms with E-state index < -0.39 is 15.3 Å². The van der Waals surface area contributed by atoms with Crippen molar-refractivity contribution in [3.8, 4) is 5.75 Å². The van der Waals surface area contributed by atoms with Crippen molar-refractivity contribution in [1.82, 2.24) is 9.96 Å². The Morgan fingerprint density at radius 1 is 1.00 bits per heavy atom. The summed E-state index contributed by atoms with van der Waals surface area (Å²) in [6.45, 7) is 8.84. The van der Waals surface area contributed by atoms with Crippen LogP contribution in [0.25, 0.3) is 0 Å². The largest absolute Gasteiger partial charge is 0.493 e. The SMILES string of the molecule is CC(C)(C)C(=O)ON1CCN(C2CCOc3cc(S(=O)(=O)c4ccccc4)ccc32)CC1. The number of fused-ring (bicyclic) bond motifs is 1. The fraction of sp³-hybridized carbons (Fsp3) is 0.458. The molecular weight excluding hydrogens is 428 g/mol. The molecule has 2 heterocycles. The molecule has 7 nitrogen and oxygen atoms in total. The first-order valence-electron chi connectivity index (χ1n) is 10.9. The van der Waals surface area contributed by atoms with Gasteiger partial charge in [-0.3, -0.25) is 4.90 Å². The standard InChI is InChI=1S/C24H30N2O5S/c1-24(2,3)23(27)31-26-14-12-25(13-15-26)21-11-16-30-22-17-19(9-10-20(21)22)32(28,29)18-7-5-4-6-8-18/h4-10,17,21H,11-16H2,1-3H3. The molecular formula is C24H30N2O5S. The van der Waals surface area contributed by atoms with Gasteiger partial charge >= 0.3 is 5.97 Å². The molecule has 0 amide bonds. The molecule has 0 N–H and O–H groups in total. The molecule has 172 valence electrons. The van der Waals surface area contributed by atoms with Crippen LogP contribution in [-0.2, 0) is 19.5 Å². The molecule has 1 atom stereocenters. The average molecular weight is 459 g/mol. The molecule has 1 unspecified atom stereocenters. The van der Waals surface area contributed by atoms with Gasteiger partial charge in [0, 0.05) is 44.2 Å².